The van der Waals surface area contributed by atoms with E-state index in [1.54, 1.807) is 27.6 Å². The van der Waals surface area contributed by atoms with Crippen LogP contribution < -0.4 is 0 Å². The number of aromatic nitrogens is 1. The molecule has 0 unspecified atom stereocenters. The molecule has 3 heterocycles. The van der Waals surface area contributed by atoms with E-state index in [1.165, 1.54) is 10.6 Å². The first kappa shape index (κ1) is 17.5. The Morgan fingerprint density at radius 2 is 2.08 bits per heavy atom. The van der Waals surface area contributed by atoms with Crippen LogP contribution in [0, 0.1) is 0 Å². The lowest BCUT2D eigenvalue weighted by atomic mass is 10.3. The Morgan fingerprint density at radius 3 is 2.79 bits per heavy atom. The van der Waals surface area contributed by atoms with Gasteiger partial charge < -0.3 is 4.90 Å². The number of hydrogen-bond acceptors (Lipinski definition) is 6. The SMILES string of the molecule is CS(=O)(=O)N1CCCN(C(=O)Cc2csc(-c3cccs3)n2)CC1. The third-order valence-corrected chi connectivity index (χ3v) is 7.13. The molecule has 24 heavy (non-hydrogen) atoms. The van der Waals surface area contributed by atoms with Crippen molar-refractivity contribution in [3.8, 4) is 9.88 Å². The van der Waals surface area contributed by atoms with Crippen molar-refractivity contribution < 1.29 is 13.2 Å². The van der Waals surface area contributed by atoms with E-state index in [0.717, 1.165) is 15.6 Å². The molecule has 0 aromatic carbocycles. The Labute approximate surface area is 149 Å². The average Bonchev–Trinajstić information content (AvgIpc) is 3.12. The second-order valence-corrected chi connectivity index (χ2v) is 9.48. The van der Waals surface area contributed by atoms with Gasteiger partial charge in [-0.25, -0.2) is 17.7 Å². The topological polar surface area (TPSA) is 70.6 Å². The molecule has 130 valence electrons. The van der Waals surface area contributed by atoms with Crippen molar-refractivity contribution in [3.63, 3.8) is 0 Å². The van der Waals surface area contributed by atoms with E-state index in [4.69, 9.17) is 0 Å². The maximum Gasteiger partial charge on any atom is 0.228 e. The lowest BCUT2D eigenvalue weighted by Gasteiger charge is -2.20. The molecule has 0 aliphatic carbocycles. The molecule has 0 spiro atoms. The van der Waals surface area contributed by atoms with Gasteiger partial charge in [0.25, 0.3) is 0 Å². The molecule has 1 aliphatic rings. The van der Waals surface area contributed by atoms with Crippen LogP contribution >= 0.6 is 22.7 Å². The number of hydrogen-bond donors (Lipinski definition) is 0. The standard InChI is InChI=1S/C15H19N3O3S3/c1-24(20,21)18-6-3-5-17(7-8-18)14(19)10-12-11-23-15(16-12)13-4-2-9-22-13/h2,4,9,11H,3,5-8,10H2,1H3. The summed E-state index contributed by atoms with van der Waals surface area (Å²) >= 11 is 3.18. The summed E-state index contributed by atoms with van der Waals surface area (Å²) in [7, 11) is -3.19. The molecule has 0 saturated carbocycles. The van der Waals surface area contributed by atoms with Gasteiger partial charge in [-0.2, -0.15) is 0 Å². The molecule has 0 atom stereocenters. The average molecular weight is 386 g/mol. The van der Waals surface area contributed by atoms with E-state index in [1.807, 2.05) is 22.9 Å². The number of thiazole rings is 1. The predicted octanol–water partition coefficient (Wildman–Crippen LogP) is 1.91. The van der Waals surface area contributed by atoms with Gasteiger partial charge in [0, 0.05) is 31.6 Å². The highest BCUT2D eigenvalue weighted by atomic mass is 32.2. The molecular weight excluding hydrogens is 366 g/mol. The molecule has 2 aromatic heterocycles. The van der Waals surface area contributed by atoms with Crippen LogP contribution in [-0.4, -0.2) is 60.9 Å². The van der Waals surface area contributed by atoms with Crippen LogP contribution in [0.25, 0.3) is 9.88 Å². The zero-order chi connectivity index (χ0) is 17.2. The molecular formula is C15H19N3O3S3. The summed E-state index contributed by atoms with van der Waals surface area (Å²) in [4.78, 5) is 19.9. The van der Waals surface area contributed by atoms with E-state index in [-0.39, 0.29) is 12.3 Å². The molecule has 1 fully saturated rings. The molecule has 1 aliphatic heterocycles. The van der Waals surface area contributed by atoms with Gasteiger partial charge in [-0.3, -0.25) is 4.79 Å². The molecule has 9 heteroatoms. The Hall–Kier alpha value is -1.29. The highest BCUT2D eigenvalue weighted by Crippen LogP contribution is 2.28. The monoisotopic (exact) mass is 385 g/mol. The van der Waals surface area contributed by atoms with Crippen LogP contribution in [0.2, 0.25) is 0 Å². The molecule has 1 saturated heterocycles. The van der Waals surface area contributed by atoms with Gasteiger partial charge in [0.15, 0.2) is 0 Å². The molecule has 3 rings (SSSR count). The summed E-state index contributed by atoms with van der Waals surface area (Å²) in [6, 6.07) is 4.00. The maximum atomic E-state index is 12.5. The molecule has 0 radical (unpaired) electrons. The van der Waals surface area contributed by atoms with E-state index >= 15 is 0 Å². The smallest absolute Gasteiger partial charge is 0.228 e. The summed E-state index contributed by atoms with van der Waals surface area (Å²) in [5, 5.41) is 4.87. The summed E-state index contributed by atoms with van der Waals surface area (Å²) in [5.41, 5.74) is 0.776. The molecule has 0 bridgehead atoms. The van der Waals surface area contributed by atoms with Crippen LogP contribution in [0.3, 0.4) is 0 Å². The molecule has 0 N–H and O–H groups in total. The van der Waals surface area contributed by atoms with Gasteiger partial charge in [0.2, 0.25) is 15.9 Å². The van der Waals surface area contributed by atoms with Crippen molar-refractivity contribution in [3.05, 3.63) is 28.6 Å². The fourth-order valence-electron chi connectivity index (χ4n) is 2.64. The number of thiophene rings is 1. The largest absolute Gasteiger partial charge is 0.341 e. The summed E-state index contributed by atoms with van der Waals surface area (Å²) in [5.74, 6) is 0.00776. The van der Waals surface area contributed by atoms with Crippen LogP contribution in [0.1, 0.15) is 12.1 Å². The van der Waals surface area contributed by atoms with Gasteiger partial charge >= 0.3 is 0 Å². The van der Waals surface area contributed by atoms with Gasteiger partial charge in [0.05, 0.1) is 23.2 Å². The number of sulfonamides is 1. The van der Waals surface area contributed by atoms with Crippen molar-refractivity contribution in [1.82, 2.24) is 14.2 Å². The normalized spacial score (nSPS) is 17.0. The van der Waals surface area contributed by atoms with Crippen molar-refractivity contribution >= 4 is 38.6 Å². The number of rotatable bonds is 4. The number of carbonyl (C=O) groups is 1. The minimum atomic E-state index is -3.19. The van der Waals surface area contributed by atoms with Crippen molar-refractivity contribution in [1.29, 1.82) is 0 Å². The first-order chi connectivity index (χ1) is 11.4. The van der Waals surface area contributed by atoms with E-state index in [9.17, 15) is 13.2 Å². The Morgan fingerprint density at radius 1 is 1.25 bits per heavy atom. The zero-order valence-corrected chi connectivity index (χ0v) is 15.8. The Kier molecular flexibility index (Phi) is 5.33. The van der Waals surface area contributed by atoms with Crippen LogP contribution in [-0.2, 0) is 21.2 Å². The van der Waals surface area contributed by atoms with E-state index in [0.29, 0.717) is 32.6 Å². The van der Waals surface area contributed by atoms with Crippen LogP contribution in [0.5, 0.6) is 0 Å². The van der Waals surface area contributed by atoms with Gasteiger partial charge in [0.1, 0.15) is 5.01 Å². The lowest BCUT2D eigenvalue weighted by molar-refractivity contribution is -0.130. The summed E-state index contributed by atoms with van der Waals surface area (Å²) < 4.78 is 24.7. The van der Waals surface area contributed by atoms with Gasteiger partial charge in [-0.1, -0.05) is 6.07 Å². The minimum Gasteiger partial charge on any atom is -0.341 e. The summed E-state index contributed by atoms with van der Waals surface area (Å²) in [6.07, 6.45) is 2.14. The molecule has 1 amide bonds. The first-order valence-electron chi connectivity index (χ1n) is 7.64. The molecule has 2 aromatic rings. The van der Waals surface area contributed by atoms with Gasteiger partial charge in [-0.05, 0) is 17.9 Å². The highest BCUT2D eigenvalue weighted by molar-refractivity contribution is 7.88. The van der Waals surface area contributed by atoms with Crippen molar-refractivity contribution in [2.24, 2.45) is 0 Å². The zero-order valence-electron chi connectivity index (χ0n) is 13.3. The van der Waals surface area contributed by atoms with Crippen molar-refractivity contribution in [2.75, 3.05) is 32.4 Å². The third-order valence-electron chi connectivity index (χ3n) is 3.89. The van der Waals surface area contributed by atoms with Crippen molar-refractivity contribution in [2.45, 2.75) is 12.8 Å². The minimum absolute atomic E-state index is 0.00776. The number of nitrogens with zero attached hydrogens (tertiary/aromatic N) is 3. The second-order valence-electron chi connectivity index (χ2n) is 5.69. The van der Waals surface area contributed by atoms with E-state index in [2.05, 4.69) is 4.98 Å². The van der Waals surface area contributed by atoms with Crippen LogP contribution in [0.4, 0.5) is 0 Å². The number of carbonyl (C=O) groups excluding carboxylic acids is 1. The summed E-state index contributed by atoms with van der Waals surface area (Å²) in [6.45, 7) is 1.87. The molecule has 6 nitrogen and oxygen atoms in total. The Bertz CT molecular complexity index is 799. The quantitative estimate of drug-likeness (QED) is 0.806. The second kappa shape index (κ2) is 7.30. The predicted molar refractivity (Wildman–Crippen MR) is 96.7 cm³/mol. The fourth-order valence-corrected chi connectivity index (χ4v) is 5.15. The maximum absolute atomic E-state index is 12.5. The highest BCUT2D eigenvalue weighted by Gasteiger charge is 2.24. The Balaban J connectivity index is 1.61. The fraction of sp³-hybridized carbons (Fsp3) is 0.467. The van der Waals surface area contributed by atoms with Gasteiger partial charge in [-0.15, -0.1) is 22.7 Å². The van der Waals surface area contributed by atoms with E-state index < -0.39 is 10.0 Å². The lowest BCUT2D eigenvalue weighted by Crippen LogP contribution is -2.37. The van der Waals surface area contributed by atoms with Crippen LogP contribution in [0.15, 0.2) is 22.9 Å². The first-order valence-corrected chi connectivity index (χ1v) is 11.3. The number of amides is 1. The third kappa shape index (κ3) is 4.21.